The van der Waals surface area contributed by atoms with Crippen LogP contribution >= 0.6 is 0 Å². The van der Waals surface area contributed by atoms with Gasteiger partial charge >= 0.3 is 0 Å². The fourth-order valence-corrected chi connectivity index (χ4v) is 1.60. The van der Waals surface area contributed by atoms with Gasteiger partial charge in [-0.15, -0.1) is 0 Å². The summed E-state index contributed by atoms with van der Waals surface area (Å²) in [7, 11) is 1.70. The van der Waals surface area contributed by atoms with Gasteiger partial charge in [-0.1, -0.05) is 0 Å². The Bertz CT molecular complexity index is 355. The Balaban J connectivity index is 1.96. The van der Waals surface area contributed by atoms with Crippen LogP contribution in [-0.4, -0.2) is 36.8 Å². The van der Waals surface area contributed by atoms with E-state index in [1.807, 2.05) is 0 Å². The van der Waals surface area contributed by atoms with E-state index in [0.29, 0.717) is 18.4 Å². The maximum absolute atomic E-state index is 13.3. The second kappa shape index (κ2) is 5.07. The van der Waals surface area contributed by atoms with Gasteiger partial charge in [0, 0.05) is 26.1 Å². The molecule has 1 atom stereocenters. The minimum atomic E-state index is -0.432. The lowest BCUT2D eigenvalue weighted by atomic mass is 10.1. The SMILES string of the molecule is CNc1ncc(F)c(NCC2CCOC2)n1. The second-order valence-electron chi connectivity index (χ2n) is 3.75. The van der Waals surface area contributed by atoms with Gasteiger partial charge in [0.25, 0.3) is 0 Å². The highest BCUT2D eigenvalue weighted by atomic mass is 19.1. The van der Waals surface area contributed by atoms with E-state index < -0.39 is 5.82 Å². The fourth-order valence-electron chi connectivity index (χ4n) is 1.60. The van der Waals surface area contributed by atoms with Crippen LogP contribution in [0.5, 0.6) is 0 Å². The van der Waals surface area contributed by atoms with Crippen molar-refractivity contribution in [3.63, 3.8) is 0 Å². The molecule has 0 bridgehead atoms. The number of rotatable bonds is 4. The highest BCUT2D eigenvalue weighted by molar-refractivity contribution is 5.40. The van der Waals surface area contributed by atoms with Crippen LogP contribution in [0.25, 0.3) is 0 Å². The standard InChI is InChI=1S/C10H15FN4O/c1-12-10-14-5-8(11)9(15-10)13-4-7-2-3-16-6-7/h5,7H,2-4,6H2,1H3,(H2,12,13,14,15). The lowest BCUT2D eigenvalue weighted by Crippen LogP contribution is -2.16. The van der Waals surface area contributed by atoms with Crippen molar-refractivity contribution in [3.05, 3.63) is 12.0 Å². The summed E-state index contributed by atoms with van der Waals surface area (Å²) in [6.07, 6.45) is 2.17. The quantitative estimate of drug-likeness (QED) is 0.805. The highest BCUT2D eigenvalue weighted by Crippen LogP contribution is 2.15. The molecular weight excluding hydrogens is 211 g/mol. The molecule has 0 aliphatic carbocycles. The van der Waals surface area contributed by atoms with Gasteiger partial charge in [0.05, 0.1) is 12.8 Å². The average molecular weight is 226 g/mol. The molecule has 1 aromatic heterocycles. The van der Waals surface area contributed by atoms with E-state index in [1.165, 1.54) is 0 Å². The smallest absolute Gasteiger partial charge is 0.224 e. The first kappa shape index (κ1) is 11.1. The van der Waals surface area contributed by atoms with Crippen LogP contribution in [-0.2, 0) is 4.74 Å². The molecule has 2 N–H and O–H groups in total. The van der Waals surface area contributed by atoms with Gasteiger partial charge in [-0.05, 0) is 6.42 Å². The summed E-state index contributed by atoms with van der Waals surface area (Å²) in [5.74, 6) is 0.656. The molecule has 1 saturated heterocycles. The Hall–Kier alpha value is -1.43. The van der Waals surface area contributed by atoms with Crippen LogP contribution in [0.4, 0.5) is 16.2 Å². The van der Waals surface area contributed by atoms with Crippen LogP contribution in [0.15, 0.2) is 6.20 Å². The Morgan fingerprint density at radius 3 is 3.19 bits per heavy atom. The number of anilines is 2. The van der Waals surface area contributed by atoms with E-state index in [4.69, 9.17) is 4.74 Å². The van der Waals surface area contributed by atoms with Gasteiger partial charge in [-0.25, -0.2) is 9.37 Å². The number of hydrogen-bond donors (Lipinski definition) is 2. The zero-order valence-electron chi connectivity index (χ0n) is 9.16. The first-order valence-corrected chi connectivity index (χ1v) is 5.31. The van der Waals surface area contributed by atoms with E-state index in [1.54, 1.807) is 7.05 Å². The molecule has 1 aromatic rings. The summed E-state index contributed by atoms with van der Waals surface area (Å²) < 4.78 is 18.6. The summed E-state index contributed by atoms with van der Waals surface area (Å²) in [4.78, 5) is 7.78. The number of halogens is 1. The molecule has 16 heavy (non-hydrogen) atoms. The first-order chi connectivity index (χ1) is 7.79. The van der Waals surface area contributed by atoms with Gasteiger partial charge in [-0.3, -0.25) is 0 Å². The molecule has 2 heterocycles. The number of aromatic nitrogens is 2. The maximum atomic E-state index is 13.3. The average Bonchev–Trinajstić information content (AvgIpc) is 2.81. The van der Waals surface area contributed by atoms with Crippen molar-refractivity contribution < 1.29 is 9.13 Å². The number of hydrogen-bond acceptors (Lipinski definition) is 5. The molecule has 0 amide bonds. The molecule has 0 saturated carbocycles. The van der Waals surface area contributed by atoms with E-state index >= 15 is 0 Å². The van der Waals surface area contributed by atoms with Crippen LogP contribution < -0.4 is 10.6 Å². The van der Waals surface area contributed by atoms with Gasteiger partial charge in [0.2, 0.25) is 5.95 Å². The van der Waals surface area contributed by atoms with Crippen molar-refractivity contribution in [2.45, 2.75) is 6.42 Å². The van der Waals surface area contributed by atoms with Gasteiger partial charge in [-0.2, -0.15) is 4.98 Å². The molecule has 1 aliphatic heterocycles. The maximum Gasteiger partial charge on any atom is 0.224 e. The molecule has 1 fully saturated rings. The molecular formula is C10H15FN4O. The molecule has 6 heteroatoms. The number of nitrogens with zero attached hydrogens (tertiary/aromatic N) is 2. The van der Waals surface area contributed by atoms with Crippen molar-refractivity contribution in [2.75, 3.05) is 37.4 Å². The third-order valence-electron chi connectivity index (χ3n) is 2.55. The third-order valence-corrected chi connectivity index (χ3v) is 2.55. The lowest BCUT2D eigenvalue weighted by molar-refractivity contribution is 0.187. The van der Waals surface area contributed by atoms with Crippen molar-refractivity contribution in [2.24, 2.45) is 5.92 Å². The summed E-state index contributed by atoms with van der Waals surface area (Å²) in [5.41, 5.74) is 0. The molecule has 0 radical (unpaired) electrons. The van der Waals surface area contributed by atoms with E-state index in [2.05, 4.69) is 20.6 Å². The monoisotopic (exact) mass is 226 g/mol. The minimum absolute atomic E-state index is 0.242. The zero-order valence-corrected chi connectivity index (χ0v) is 9.16. The predicted octanol–water partition coefficient (Wildman–Crippen LogP) is 1.11. The van der Waals surface area contributed by atoms with Crippen molar-refractivity contribution >= 4 is 11.8 Å². The third kappa shape index (κ3) is 2.57. The molecule has 88 valence electrons. The molecule has 0 aromatic carbocycles. The van der Waals surface area contributed by atoms with Crippen molar-refractivity contribution in [3.8, 4) is 0 Å². The van der Waals surface area contributed by atoms with E-state index in [-0.39, 0.29) is 5.82 Å². The second-order valence-corrected chi connectivity index (χ2v) is 3.75. The van der Waals surface area contributed by atoms with E-state index in [9.17, 15) is 4.39 Å². The molecule has 2 rings (SSSR count). The van der Waals surface area contributed by atoms with Crippen LogP contribution in [0.3, 0.4) is 0 Å². The number of nitrogens with one attached hydrogen (secondary N) is 2. The lowest BCUT2D eigenvalue weighted by Gasteiger charge is -2.11. The minimum Gasteiger partial charge on any atom is -0.381 e. The highest BCUT2D eigenvalue weighted by Gasteiger charge is 2.16. The Morgan fingerprint density at radius 2 is 2.50 bits per heavy atom. The summed E-state index contributed by atoms with van der Waals surface area (Å²) in [6, 6.07) is 0. The van der Waals surface area contributed by atoms with Gasteiger partial charge < -0.3 is 15.4 Å². The number of ether oxygens (including phenoxy) is 1. The Morgan fingerprint density at radius 1 is 1.62 bits per heavy atom. The molecule has 1 unspecified atom stereocenters. The molecule has 5 nitrogen and oxygen atoms in total. The van der Waals surface area contributed by atoms with Crippen LogP contribution in [0.1, 0.15) is 6.42 Å². The Kier molecular flexibility index (Phi) is 3.51. The predicted molar refractivity (Wildman–Crippen MR) is 59.0 cm³/mol. The van der Waals surface area contributed by atoms with Gasteiger partial charge in [0.1, 0.15) is 0 Å². The van der Waals surface area contributed by atoms with Crippen LogP contribution in [0.2, 0.25) is 0 Å². The van der Waals surface area contributed by atoms with Crippen molar-refractivity contribution in [1.29, 1.82) is 0 Å². The zero-order chi connectivity index (χ0) is 11.4. The van der Waals surface area contributed by atoms with E-state index in [0.717, 1.165) is 25.8 Å². The fraction of sp³-hybridized carbons (Fsp3) is 0.600. The summed E-state index contributed by atoms with van der Waals surface area (Å²) >= 11 is 0. The molecule has 1 aliphatic rings. The van der Waals surface area contributed by atoms with Crippen molar-refractivity contribution in [1.82, 2.24) is 9.97 Å². The van der Waals surface area contributed by atoms with Gasteiger partial charge in [0.15, 0.2) is 11.6 Å². The largest absolute Gasteiger partial charge is 0.381 e. The topological polar surface area (TPSA) is 59.1 Å². The molecule has 0 spiro atoms. The van der Waals surface area contributed by atoms with Crippen LogP contribution in [0, 0.1) is 11.7 Å². The Labute approximate surface area is 93.4 Å². The summed E-state index contributed by atoms with van der Waals surface area (Å²) in [6.45, 7) is 2.20. The summed E-state index contributed by atoms with van der Waals surface area (Å²) in [5, 5.41) is 5.75. The normalized spacial score (nSPS) is 19.8. The first-order valence-electron chi connectivity index (χ1n) is 5.31.